The molecule has 1 amide bonds. The van der Waals surface area contributed by atoms with E-state index in [1.54, 1.807) is 17.2 Å². The zero-order chi connectivity index (χ0) is 22.0. The quantitative estimate of drug-likeness (QED) is 0.505. The number of carbonyl (C=O) groups excluding carboxylic acids is 1. The number of nitrogen functional groups attached to an aromatic ring is 1. The lowest BCUT2D eigenvalue weighted by atomic mass is 10.0. The number of anilines is 2. The van der Waals surface area contributed by atoms with E-state index < -0.39 is 0 Å². The molecule has 2 aliphatic rings. The van der Waals surface area contributed by atoms with Crippen LogP contribution in [-0.2, 0) is 6.42 Å². The van der Waals surface area contributed by atoms with Crippen molar-refractivity contribution in [3.63, 3.8) is 0 Å². The van der Waals surface area contributed by atoms with Gasteiger partial charge in [-0.2, -0.15) is 0 Å². The first-order valence-electron chi connectivity index (χ1n) is 11.0. The van der Waals surface area contributed by atoms with Crippen LogP contribution in [0.15, 0.2) is 29.2 Å². The second kappa shape index (κ2) is 6.88. The Bertz CT molecular complexity index is 1460. The van der Waals surface area contributed by atoms with Crippen molar-refractivity contribution in [2.24, 2.45) is 0 Å². The van der Waals surface area contributed by atoms with Gasteiger partial charge in [-0.05, 0) is 55.5 Å². The van der Waals surface area contributed by atoms with Gasteiger partial charge in [0.25, 0.3) is 11.5 Å². The minimum atomic E-state index is -0.305. The third-order valence-electron chi connectivity index (χ3n) is 6.74. The third-order valence-corrected chi connectivity index (χ3v) is 6.74. The van der Waals surface area contributed by atoms with Crippen LogP contribution in [0, 0.1) is 6.92 Å². The number of rotatable bonds is 2. The van der Waals surface area contributed by atoms with Crippen molar-refractivity contribution >= 4 is 34.1 Å². The number of fused-ring (bicyclic) bond motifs is 4. The first-order chi connectivity index (χ1) is 15.5. The predicted octanol–water partition coefficient (Wildman–Crippen LogP) is 2.72. The van der Waals surface area contributed by atoms with Crippen molar-refractivity contribution in [3.05, 3.63) is 57.3 Å². The van der Waals surface area contributed by atoms with E-state index >= 15 is 0 Å². The average Bonchev–Trinajstić information content (AvgIpc) is 3.52. The van der Waals surface area contributed by atoms with E-state index in [4.69, 9.17) is 5.73 Å². The summed E-state index contributed by atoms with van der Waals surface area (Å²) in [6.45, 7) is 2.46. The van der Waals surface area contributed by atoms with E-state index in [0.29, 0.717) is 47.1 Å². The zero-order valence-electron chi connectivity index (χ0n) is 17.8. The Balaban J connectivity index is 1.49. The minimum absolute atomic E-state index is 0.138. The summed E-state index contributed by atoms with van der Waals surface area (Å²) in [7, 11) is 0. The van der Waals surface area contributed by atoms with Crippen molar-refractivity contribution in [1.82, 2.24) is 24.6 Å². The van der Waals surface area contributed by atoms with Crippen LogP contribution in [0.1, 0.15) is 58.9 Å². The molecule has 32 heavy (non-hydrogen) atoms. The van der Waals surface area contributed by atoms with Crippen LogP contribution in [0.25, 0.3) is 16.7 Å². The van der Waals surface area contributed by atoms with Gasteiger partial charge in [-0.1, -0.05) is 12.8 Å². The molecule has 1 fully saturated rings. The summed E-state index contributed by atoms with van der Waals surface area (Å²) in [5.41, 5.74) is 10.2. The molecule has 1 aliphatic heterocycles. The lowest BCUT2D eigenvalue weighted by molar-refractivity contribution is 0.0988. The van der Waals surface area contributed by atoms with Crippen molar-refractivity contribution in [3.8, 4) is 0 Å². The number of aryl methyl sites for hydroxylation is 1. The summed E-state index contributed by atoms with van der Waals surface area (Å²) in [5.74, 6) is 1.65. The van der Waals surface area contributed by atoms with E-state index in [1.807, 2.05) is 23.5 Å². The van der Waals surface area contributed by atoms with Gasteiger partial charge in [-0.25, -0.2) is 4.98 Å². The van der Waals surface area contributed by atoms with Gasteiger partial charge in [-0.15, -0.1) is 10.2 Å². The maximum Gasteiger partial charge on any atom is 0.294 e. The molecule has 4 aromatic rings. The fourth-order valence-corrected chi connectivity index (χ4v) is 5.15. The van der Waals surface area contributed by atoms with Crippen molar-refractivity contribution in [2.45, 2.75) is 44.9 Å². The monoisotopic (exact) mass is 429 g/mol. The number of hydrogen-bond acceptors (Lipinski definition) is 6. The van der Waals surface area contributed by atoms with Crippen LogP contribution in [0.3, 0.4) is 0 Å². The number of amides is 1. The average molecular weight is 429 g/mol. The van der Waals surface area contributed by atoms with E-state index in [0.717, 1.165) is 48.2 Å². The summed E-state index contributed by atoms with van der Waals surface area (Å²) >= 11 is 0. The number of pyridine rings is 1. The number of hydrogen-bond donors (Lipinski definition) is 2. The molecule has 1 aromatic carbocycles. The van der Waals surface area contributed by atoms with Crippen LogP contribution in [-0.4, -0.2) is 37.0 Å². The molecule has 0 unspecified atom stereocenters. The van der Waals surface area contributed by atoms with Crippen LogP contribution in [0.5, 0.6) is 0 Å². The fraction of sp³-hybridized carbons (Fsp3) is 0.348. The number of nitrogens with two attached hydrogens (primary N) is 1. The molecule has 1 aliphatic carbocycles. The van der Waals surface area contributed by atoms with Gasteiger partial charge in [0.2, 0.25) is 5.65 Å². The summed E-state index contributed by atoms with van der Waals surface area (Å²) in [4.78, 5) is 35.2. The van der Waals surface area contributed by atoms with Gasteiger partial charge in [0.15, 0.2) is 0 Å². The Morgan fingerprint density at radius 1 is 1.19 bits per heavy atom. The molecular formula is C23H23N7O2. The van der Waals surface area contributed by atoms with E-state index in [2.05, 4.69) is 20.2 Å². The van der Waals surface area contributed by atoms with Crippen molar-refractivity contribution in [2.75, 3.05) is 17.2 Å². The highest BCUT2D eigenvalue weighted by Crippen LogP contribution is 2.34. The molecule has 0 saturated heterocycles. The summed E-state index contributed by atoms with van der Waals surface area (Å²) < 4.78 is 1.88. The van der Waals surface area contributed by atoms with Crippen molar-refractivity contribution in [1.29, 1.82) is 0 Å². The maximum atomic E-state index is 13.5. The number of nitrogens with zero attached hydrogens (tertiary/aromatic N) is 5. The van der Waals surface area contributed by atoms with Crippen LogP contribution < -0.4 is 16.2 Å². The molecule has 0 radical (unpaired) electrons. The first kappa shape index (κ1) is 19.0. The van der Waals surface area contributed by atoms with Gasteiger partial charge in [0.05, 0.1) is 22.9 Å². The lowest BCUT2D eigenvalue weighted by Gasteiger charge is -2.18. The van der Waals surface area contributed by atoms with E-state index in [-0.39, 0.29) is 11.5 Å². The fourth-order valence-electron chi connectivity index (χ4n) is 5.15. The van der Waals surface area contributed by atoms with Crippen molar-refractivity contribution < 1.29 is 4.79 Å². The molecule has 1 saturated carbocycles. The highest BCUT2D eigenvalue weighted by atomic mass is 16.2. The summed E-state index contributed by atoms with van der Waals surface area (Å²) in [6.07, 6.45) is 6.72. The molecule has 0 atom stereocenters. The molecule has 3 aromatic heterocycles. The number of aromatic nitrogens is 5. The number of carbonyl (C=O) groups is 1. The van der Waals surface area contributed by atoms with Crippen LogP contribution >= 0.6 is 0 Å². The highest BCUT2D eigenvalue weighted by Gasteiger charge is 2.29. The van der Waals surface area contributed by atoms with Gasteiger partial charge in [0.1, 0.15) is 11.6 Å². The Kier molecular flexibility index (Phi) is 4.08. The molecule has 0 spiro atoms. The second-order valence-electron chi connectivity index (χ2n) is 8.80. The normalized spacial score (nSPS) is 16.3. The highest BCUT2D eigenvalue weighted by molar-refractivity contribution is 6.09. The van der Waals surface area contributed by atoms with Gasteiger partial charge < -0.3 is 10.7 Å². The van der Waals surface area contributed by atoms with E-state index in [9.17, 15) is 9.59 Å². The lowest BCUT2D eigenvalue weighted by Crippen LogP contribution is -2.30. The van der Waals surface area contributed by atoms with Gasteiger partial charge >= 0.3 is 0 Å². The molecule has 3 N–H and O–H groups in total. The second-order valence-corrected chi connectivity index (χ2v) is 8.80. The molecule has 162 valence electrons. The van der Waals surface area contributed by atoms with Gasteiger partial charge in [-0.3, -0.25) is 18.9 Å². The zero-order valence-corrected chi connectivity index (χ0v) is 17.8. The standard InChI is InChI=1S/C23H23N7O2/c1-12-8-18-17(26-22(31)21-28-27-20(30(18)21)13-4-2-3-5-13)10-16(12)23(32)29-7-6-14-9-15(24)11-25-19(14)29/h8-11,13H,2-7,24H2,1H3,(H,26,31). The topological polar surface area (TPSA) is 122 Å². The molecule has 9 nitrogen and oxygen atoms in total. The SMILES string of the molecule is Cc1cc2c(cc1C(=O)N1CCc3cc(N)cnc31)[nH]c(=O)c1nnc(C3CCCC3)n12. The third kappa shape index (κ3) is 2.73. The molecule has 4 heterocycles. The van der Waals surface area contributed by atoms with Crippen LogP contribution in [0.4, 0.5) is 11.5 Å². The summed E-state index contributed by atoms with van der Waals surface area (Å²) in [6, 6.07) is 5.58. The number of aromatic amines is 1. The smallest absolute Gasteiger partial charge is 0.294 e. The molecule has 9 heteroatoms. The van der Waals surface area contributed by atoms with Gasteiger partial charge in [0, 0.05) is 18.0 Å². The largest absolute Gasteiger partial charge is 0.397 e. The minimum Gasteiger partial charge on any atom is -0.397 e. The van der Waals surface area contributed by atoms with E-state index in [1.165, 1.54) is 0 Å². The number of benzene rings is 1. The molecule has 0 bridgehead atoms. The predicted molar refractivity (Wildman–Crippen MR) is 121 cm³/mol. The Morgan fingerprint density at radius 2 is 2.00 bits per heavy atom. The Morgan fingerprint density at radius 3 is 2.81 bits per heavy atom. The number of H-pyrrole nitrogens is 1. The Labute approximate surface area is 183 Å². The molecule has 6 rings (SSSR count). The van der Waals surface area contributed by atoms with Crippen LogP contribution in [0.2, 0.25) is 0 Å². The maximum absolute atomic E-state index is 13.5. The Hall–Kier alpha value is -3.75. The first-order valence-corrected chi connectivity index (χ1v) is 11.0. The molecular weight excluding hydrogens is 406 g/mol. The number of nitrogens with one attached hydrogen (secondary N) is 1. The summed E-state index contributed by atoms with van der Waals surface area (Å²) in [5, 5.41) is 8.54.